The molecule has 3 heterocycles. The first kappa shape index (κ1) is 16.1. The molecule has 1 amide bonds. The number of halogens is 1. The van der Waals surface area contributed by atoms with E-state index in [1.165, 1.54) is 25.7 Å². The Bertz CT molecular complexity index is 611. The molecule has 2 saturated heterocycles. The van der Waals surface area contributed by atoms with Crippen molar-refractivity contribution in [3.63, 3.8) is 0 Å². The van der Waals surface area contributed by atoms with Gasteiger partial charge in [-0.05, 0) is 44.4 Å². The Hall–Kier alpha value is -1.36. The first-order valence-corrected chi connectivity index (χ1v) is 9.70. The van der Waals surface area contributed by atoms with Crippen molar-refractivity contribution in [1.29, 1.82) is 0 Å². The van der Waals surface area contributed by atoms with Crippen molar-refractivity contribution in [2.24, 2.45) is 5.92 Å². The van der Waals surface area contributed by atoms with Gasteiger partial charge in [-0.2, -0.15) is 0 Å². The Morgan fingerprint density at radius 1 is 1.04 bits per heavy atom. The predicted octanol–water partition coefficient (Wildman–Crippen LogP) is 3.53. The van der Waals surface area contributed by atoms with Crippen molar-refractivity contribution in [1.82, 2.24) is 14.9 Å². The number of hydrogen-bond acceptors (Lipinski definition) is 4. The van der Waals surface area contributed by atoms with E-state index in [1.54, 1.807) is 6.20 Å². The number of anilines is 1. The van der Waals surface area contributed by atoms with E-state index in [4.69, 9.17) is 11.6 Å². The molecule has 1 saturated carbocycles. The third-order valence-corrected chi connectivity index (χ3v) is 6.10. The highest BCUT2D eigenvalue weighted by molar-refractivity contribution is 6.33. The third kappa shape index (κ3) is 2.99. The first-order chi connectivity index (χ1) is 11.7. The highest BCUT2D eigenvalue weighted by atomic mass is 35.5. The minimum atomic E-state index is -0.00255. The number of likely N-dealkylation sites (tertiary alicyclic amines) is 1. The van der Waals surface area contributed by atoms with Crippen molar-refractivity contribution in [3.8, 4) is 0 Å². The number of aromatic nitrogens is 2. The lowest BCUT2D eigenvalue weighted by molar-refractivity contribution is 0.0683. The predicted molar refractivity (Wildman–Crippen MR) is 94.5 cm³/mol. The van der Waals surface area contributed by atoms with E-state index in [9.17, 15) is 4.79 Å². The molecule has 1 atom stereocenters. The van der Waals surface area contributed by atoms with Crippen LogP contribution in [0.4, 0.5) is 5.95 Å². The van der Waals surface area contributed by atoms with Crippen LogP contribution >= 0.6 is 11.6 Å². The Labute approximate surface area is 148 Å². The average molecular weight is 349 g/mol. The van der Waals surface area contributed by atoms with E-state index in [0.29, 0.717) is 28.6 Å². The van der Waals surface area contributed by atoms with Crippen LogP contribution < -0.4 is 4.90 Å². The lowest BCUT2D eigenvalue weighted by atomic mass is 9.96. The molecule has 0 unspecified atom stereocenters. The number of rotatable bonds is 3. The van der Waals surface area contributed by atoms with Crippen LogP contribution in [0.15, 0.2) is 6.20 Å². The number of carbonyl (C=O) groups excluding carboxylic acids is 1. The molecule has 3 fully saturated rings. The summed E-state index contributed by atoms with van der Waals surface area (Å²) in [5.74, 6) is 1.31. The van der Waals surface area contributed by atoms with Gasteiger partial charge in [0, 0.05) is 25.7 Å². The normalized spacial score (nSPS) is 25.0. The van der Waals surface area contributed by atoms with Crippen LogP contribution in [0.3, 0.4) is 0 Å². The van der Waals surface area contributed by atoms with Gasteiger partial charge in [-0.3, -0.25) is 4.79 Å². The van der Waals surface area contributed by atoms with E-state index in [1.807, 2.05) is 4.90 Å². The van der Waals surface area contributed by atoms with Crippen LogP contribution in [-0.4, -0.2) is 46.5 Å². The molecule has 0 spiro atoms. The fraction of sp³-hybridized carbons (Fsp3) is 0.722. The molecular weight excluding hydrogens is 324 g/mol. The highest BCUT2D eigenvalue weighted by Crippen LogP contribution is 2.36. The van der Waals surface area contributed by atoms with Crippen molar-refractivity contribution >= 4 is 23.5 Å². The van der Waals surface area contributed by atoms with Gasteiger partial charge in [0.1, 0.15) is 0 Å². The minimum absolute atomic E-state index is 0.00255. The fourth-order valence-electron chi connectivity index (χ4n) is 4.59. The maximum atomic E-state index is 13.1. The van der Waals surface area contributed by atoms with Gasteiger partial charge in [-0.1, -0.05) is 24.4 Å². The molecule has 24 heavy (non-hydrogen) atoms. The molecule has 2 aliphatic heterocycles. The first-order valence-electron chi connectivity index (χ1n) is 9.32. The second-order valence-corrected chi connectivity index (χ2v) is 7.72. The van der Waals surface area contributed by atoms with Crippen LogP contribution in [0.1, 0.15) is 61.9 Å². The Morgan fingerprint density at radius 2 is 1.79 bits per heavy atom. The van der Waals surface area contributed by atoms with E-state index in [-0.39, 0.29) is 5.91 Å². The third-order valence-electron chi connectivity index (χ3n) is 5.83. The summed E-state index contributed by atoms with van der Waals surface area (Å²) in [7, 11) is 0. The van der Waals surface area contributed by atoms with Gasteiger partial charge < -0.3 is 9.80 Å². The van der Waals surface area contributed by atoms with Crippen molar-refractivity contribution in [2.75, 3.05) is 24.5 Å². The molecule has 5 nitrogen and oxygen atoms in total. The molecule has 130 valence electrons. The van der Waals surface area contributed by atoms with Crippen LogP contribution in [0.5, 0.6) is 0 Å². The summed E-state index contributed by atoms with van der Waals surface area (Å²) in [6.45, 7) is 2.76. The summed E-state index contributed by atoms with van der Waals surface area (Å²) < 4.78 is 0. The Morgan fingerprint density at radius 3 is 2.54 bits per heavy atom. The maximum absolute atomic E-state index is 13.1. The molecular formula is C18H25ClN4O. The summed E-state index contributed by atoms with van der Waals surface area (Å²) >= 11 is 6.29. The Balaban J connectivity index is 1.57. The summed E-state index contributed by atoms with van der Waals surface area (Å²) in [4.78, 5) is 26.2. The topological polar surface area (TPSA) is 49.3 Å². The van der Waals surface area contributed by atoms with Gasteiger partial charge in [-0.15, -0.1) is 0 Å². The molecule has 1 aliphatic carbocycles. The van der Waals surface area contributed by atoms with Gasteiger partial charge in [-0.25, -0.2) is 9.97 Å². The van der Waals surface area contributed by atoms with Gasteiger partial charge in [0.25, 0.3) is 5.91 Å². The largest absolute Gasteiger partial charge is 0.341 e. The highest BCUT2D eigenvalue weighted by Gasteiger charge is 2.37. The van der Waals surface area contributed by atoms with Crippen LogP contribution in [-0.2, 0) is 0 Å². The van der Waals surface area contributed by atoms with E-state index >= 15 is 0 Å². The van der Waals surface area contributed by atoms with Crippen molar-refractivity contribution in [2.45, 2.75) is 57.4 Å². The lowest BCUT2D eigenvalue weighted by Crippen LogP contribution is -2.40. The number of carbonyl (C=O) groups is 1. The molecule has 0 bridgehead atoms. The molecule has 3 aliphatic rings. The van der Waals surface area contributed by atoms with Crippen LogP contribution in [0.2, 0.25) is 5.02 Å². The minimum Gasteiger partial charge on any atom is -0.341 e. The number of amides is 1. The summed E-state index contributed by atoms with van der Waals surface area (Å²) in [5, 5.41) is 0.375. The van der Waals surface area contributed by atoms with E-state index in [0.717, 1.165) is 45.3 Å². The molecule has 4 rings (SSSR count). The lowest BCUT2D eigenvalue weighted by Gasteiger charge is -2.29. The summed E-state index contributed by atoms with van der Waals surface area (Å²) in [6.07, 6.45) is 11.2. The number of hydrogen-bond donors (Lipinski definition) is 0. The van der Waals surface area contributed by atoms with Crippen molar-refractivity contribution < 1.29 is 4.79 Å². The van der Waals surface area contributed by atoms with E-state index < -0.39 is 0 Å². The molecule has 1 aromatic heterocycles. The smallest absolute Gasteiger partial charge is 0.274 e. The zero-order chi connectivity index (χ0) is 16.5. The number of nitrogens with zero attached hydrogens (tertiary/aromatic N) is 4. The average Bonchev–Trinajstić information content (AvgIpc) is 3.34. The second-order valence-electron chi connectivity index (χ2n) is 7.31. The summed E-state index contributed by atoms with van der Waals surface area (Å²) in [5.41, 5.74) is 0.387. The summed E-state index contributed by atoms with van der Waals surface area (Å²) in [6, 6.07) is 0.376. The van der Waals surface area contributed by atoms with Crippen LogP contribution in [0, 0.1) is 5.92 Å². The van der Waals surface area contributed by atoms with E-state index in [2.05, 4.69) is 14.9 Å². The van der Waals surface area contributed by atoms with Gasteiger partial charge in [0.2, 0.25) is 5.95 Å². The Kier molecular flexibility index (Phi) is 4.61. The molecule has 6 heteroatoms. The molecule has 0 N–H and O–H groups in total. The van der Waals surface area contributed by atoms with Crippen LogP contribution in [0.25, 0.3) is 0 Å². The molecule has 0 aromatic carbocycles. The monoisotopic (exact) mass is 348 g/mol. The zero-order valence-corrected chi connectivity index (χ0v) is 14.8. The van der Waals surface area contributed by atoms with Crippen molar-refractivity contribution in [3.05, 3.63) is 16.9 Å². The zero-order valence-electron chi connectivity index (χ0n) is 14.1. The second kappa shape index (κ2) is 6.87. The fourth-order valence-corrected chi connectivity index (χ4v) is 4.76. The quantitative estimate of drug-likeness (QED) is 0.838. The SMILES string of the molecule is O=C(c1nc(N2CCCC2)ncc1Cl)N1CCC[C@@H]1C1CCCC1. The maximum Gasteiger partial charge on any atom is 0.274 e. The molecule has 0 radical (unpaired) electrons. The standard InChI is InChI=1S/C18H25ClN4O/c19-14-12-20-18(22-9-3-4-10-22)21-16(14)17(24)23-11-5-8-15(23)13-6-1-2-7-13/h12-13,15H,1-11H2/t15-/m1/s1. The van der Waals surface area contributed by atoms with Gasteiger partial charge in [0.05, 0.1) is 11.2 Å². The molecule has 1 aromatic rings. The van der Waals surface area contributed by atoms with Gasteiger partial charge >= 0.3 is 0 Å². The van der Waals surface area contributed by atoms with Gasteiger partial charge in [0.15, 0.2) is 5.69 Å².